The van der Waals surface area contributed by atoms with Gasteiger partial charge in [0, 0.05) is 43.7 Å². The van der Waals surface area contributed by atoms with E-state index in [1.807, 2.05) is 0 Å². The maximum Gasteiger partial charge on any atom is 0.181 e. The zero-order valence-corrected chi connectivity index (χ0v) is 39.3. The van der Waals surface area contributed by atoms with Crippen molar-refractivity contribution in [3.05, 3.63) is 273 Å². The molecule has 0 spiro atoms. The number of hydrogen-bond acceptors (Lipinski definition) is 0. The van der Waals surface area contributed by atoms with Crippen LogP contribution in [0.4, 0.5) is 0 Å². The maximum atomic E-state index is 2.63. The van der Waals surface area contributed by atoms with E-state index in [-0.39, 0.29) is 0 Å². The Balaban J connectivity index is 1.13. The van der Waals surface area contributed by atoms with Gasteiger partial charge in [-0.3, -0.25) is 0 Å². The lowest BCUT2D eigenvalue weighted by Crippen LogP contribution is -2.75. The number of para-hydroxylation sites is 5. The van der Waals surface area contributed by atoms with Gasteiger partial charge >= 0.3 is 0 Å². The molecule has 328 valence electrons. The van der Waals surface area contributed by atoms with E-state index in [2.05, 4.69) is 287 Å². The SMILES string of the molecule is c1ccc(-c2ccc(-n3c4ccccc4c4cc(-n5c6c(-n7c8ccccc8c8ccccc87)cccc6c6cccc([Si](c7ccccc7)(c7ccccc7)c7ccccc7)c65)ccc43)cc2)cc1. The molecule has 0 atom stereocenters. The fourth-order valence-electron chi connectivity index (χ4n) is 11.9. The van der Waals surface area contributed by atoms with Crippen LogP contribution in [0, 0.1) is 0 Å². The first-order valence-electron chi connectivity index (χ1n) is 24.2. The summed E-state index contributed by atoms with van der Waals surface area (Å²) in [6.07, 6.45) is 0. The van der Waals surface area contributed by atoms with E-state index in [9.17, 15) is 0 Å². The second kappa shape index (κ2) is 16.1. The summed E-state index contributed by atoms with van der Waals surface area (Å²) in [5, 5.41) is 12.7. The van der Waals surface area contributed by atoms with Crippen molar-refractivity contribution in [3.8, 4) is 28.2 Å². The molecule has 0 aliphatic rings. The van der Waals surface area contributed by atoms with Crippen molar-refractivity contribution >= 4 is 94.2 Å². The molecule has 14 rings (SSSR count). The second-order valence-corrected chi connectivity index (χ2v) is 22.2. The highest BCUT2D eigenvalue weighted by molar-refractivity contribution is 7.20. The fraction of sp³-hybridized carbons (Fsp3) is 0. The third-order valence-corrected chi connectivity index (χ3v) is 19.6. The largest absolute Gasteiger partial charge is 0.309 e. The maximum absolute atomic E-state index is 3.06. The molecule has 0 radical (unpaired) electrons. The smallest absolute Gasteiger partial charge is 0.181 e. The summed E-state index contributed by atoms with van der Waals surface area (Å²) in [6, 6.07) is 102. The van der Waals surface area contributed by atoms with Crippen LogP contribution in [-0.2, 0) is 0 Å². The average Bonchev–Trinajstić information content (AvgIpc) is 4.08. The van der Waals surface area contributed by atoms with Gasteiger partial charge in [0.2, 0.25) is 0 Å². The van der Waals surface area contributed by atoms with Gasteiger partial charge in [0.05, 0.1) is 38.8 Å². The summed E-state index contributed by atoms with van der Waals surface area (Å²) in [6.45, 7) is 0. The molecule has 3 heterocycles. The summed E-state index contributed by atoms with van der Waals surface area (Å²) >= 11 is 0. The molecule has 0 aliphatic carbocycles. The Morgan fingerprint density at radius 2 is 0.657 bits per heavy atom. The number of hydrogen-bond donors (Lipinski definition) is 0. The zero-order chi connectivity index (χ0) is 46.2. The predicted molar refractivity (Wildman–Crippen MR) is 299 cm³/mol. The van der Waals surface area contributed by atoms with Crippen LogP contribution in [0.25, 0.3) is 93.6 Å². The lowest BCUT2D eigenvalue weighted by atomic mass is 10.1. The molecule has 3 nitrogen and oxygen atoms in total. The summed E-state index contributed by atoms with van der Waals surface area (Å²) in [7, 11) is -3.06. The van der Waals surface area contributed by atoms with Crippen molar-refractivity contribution in [2.24, 2.45) is 0 Å². The summed E-state index contributed by atoms with van der Waals surface area (Å²) < 4.78 is 7.57. The van der Waals surface area contributed by atoms with Gasteiger partial charge < -0.3 is 13.7 Å². The Morgan fingerprint density at radius 1 is 0.243 bits per heavy atom. The molecule has 0 N–H and O–H groups in total. The highest BCUT2D eigenvalue weighted by Gasteiger charge is 2.43. The minimum atomic E-state index is -3.06. The average molecular weight is 908 g/mol. The molecule has 3 aromatic heterocycles. The number of rotatable bonds is 8. The monoisotopic (exact) mass is 907 g/mol. The molecule has 0 bridgehead atoms. The van der Waals surface area contributed by atoms with Crippen LogP contribution >= 0.6 is 0 Å². The minimum absolute atomic E-state index is 1.12. The van der Waals surface area contributed by atoms with Crippen molar-refractivity contribution in [3.63, 3.8) is 0 Å². The first-order valence-corrected chi connectivity index (χ1v) is 26.2. The van der Waals surface area contributed by atoms with Gasteiger partial charge in [-0.25, -0.2) is 0 Å². The van der Waals surface area contributed by atoms with E-state index in [1.54, 1.807) is 0 Å². The minimum Gasteiger partial charge on any atom is -0.309 e. The van der Waals surface area contributed by atoms with Crippen molar-refractivity contribution in [2.75, 3.05) is 0 Å². The molecule has 0 fully saturated rings. The first kappa shape index (κ1) is 40.1. The number of benzene rings is 11. The van der Waals surface area contributed by atoms with E-state index in [0.717, 1.165) is 17.1 Å². The molecule has 0 unspecified atom stereocenters. The molecule has 4 heteroatoms. The van der Waals surface area contributed by atoms with Gasteiger partial charge in [0.15, 0.2) is 8.07 Å². The zero-order valence-electron chi connectivity index (χ0n) is 38.3. The van der Waals surface area contributed by atoms with Gasteiger partial charge in [-0.05, 0) is 86.5 Å². The standard InChI is InChI=1S/C66H45N3Si/c1-5-21-46(22-6-1)47-39-41-48(42-40-47)67-59-34-16-15-31-55(59)58-45-49(43-44-62(58)67)68-65-56(32-19-37-63(65)69-60-35-17-13-29-53(60)54-30-14-18-36-61(54)69)57-33-20-38-64(66(57)68)70(50-23-7-2-8-24-50,51-25-9-3-10-26-51)52-27-11-4-12-28-52/h1-45H. The highest BCUT2D eigenvalue weighted by Crippen LogP contribution is 2.41. The third kappa shape index (κ3) is 5.94. The quantitative estimate of drug-likeness (QED) is 0.107. The van der Waals surface area contributed by atoms with Crippen molar-refractivity contribution < 1.29 is 0 Å². The van der Waals surface area contributed by atoms with Gasteiger partial charge in [-0.2, -0.15) is 0 Å². The van der Waals surface area contributed by atoms with Crippen LogP contribution in [-0.4, -0.2) is 21.8 Å². The summed E-state index contributed by atoms with van der Waals surface area (Å²) in [4.78, 5) is 0. The molecule has 0 amide bonds. The van der Waals surface area contributed by atoms with Crippen LogP contribution in [0.3, 0.4) is 0 Å². The van der Waals surface area contributed by atoms with Crippen LogP contribution in [0.1, 0.15) is 0 Å². The third-order valence-electron chi connectivity index (χ3n) is 14.8. The summed E-state index contributed by atoms with van der Waals surface area (Å²) in [5.74, 6) is 0. The van der Waals surface area contributed by atoms with E-state index in [4.69, 9.17) is 0 Å². The Morgan fingerprint density at radius 3 is 1.23 bits per heavy atom. The van der Waals surface area contributed by atoms with Crippen LogP contribution < -0.4 is 20.7 Å². The number of aromatic nitrogens is 3. The Kier molecular flexibility index (Phi) is 9.23. The molecule has 14 aromatic rings. The molecule has 0 saturated carbocycles. The lowest BCUT2D eigenvalue weighted by molar-refractivity contribution is 1.13. The molecule has 11 aromatic carbocycles. The van der Waals surface area contributed by atoms with Crippen LogP contribution in [0.5, 0.6) is 0 Å². The lowest BCUT2D eigenvalue weighted by Gasteiger charge is -2.35. The normalized spacial score (nSPS) is 12.0. The van der Waals surface area contributed by atoms with Gasteiger partial charge in [0.1, 0.15) is 0 Å². The molecular weight excluding hydrogens is 863 g/mol. The molecule has 70 heavy (non-hydrogen) atoms. The Bertz CT molecular complexity index is 4110. The van der Waals surface area contributed by atoms with Gasteiger partial charge in [0.25, 0.3) is 0 Å². The van der Waals surface area contributed by atoms with Crippen molar-refractivity contribution in [2.45, 2.75) is 0 Å². The topological polar surface area (TPSA) is 14.8 Å². The van der Waals surface area contributed by atoms with Crippen molar-refractivity contribution in [1.29, 1.82) is 0 Å². The highest BCUT2D eigenvalue weighted by atomic mass is 28.3. The summed E-state index contributed by atoms with van der Waals surface area (Å²) in [5.41, 5.74) is 12.9. The molecular formula is C66H45N3Si. The van der Waals surface area contributed by atoms with Gasteiger partial charge in [-0.1, -0.05) is 218 Å². The van der Waals surface area contributed by atoms with Crippen molar-refractivity contribution in [1.82, 2.24) is 13.7 Å². The Labute approximate surface area is 407 Å². The van der Waals surface area contributed by atoms with Crippen LogP contribution in [0.2, 0.25) is 0 Å². The first-order chi connectivity index (χ1) is 34.8. The molecule has 0 saturated heterocycles. The number of nitrogens with zero attached hydrogens (tertiary/aromatic N) is 3. The van der Waals surface area contributed by atoms with Gasteiger partial charge in [-0.15, -0.1) is 0 Å². The van der Waals surface area contributed by atoms with E-state index in [0.29, 0.717) is 0 Å². The number of fused-ring (bicyclic) bond motifs is 9. The fourth-order valence-corrected chi connectivity index (χ4v) is 16.8. The predicted octanol–water partition coefficient (Wildman–Crippen LogP) is 14.0. The Hall–Kier alpha value is -8.96. The van der Waals surface area contributed by atoms with E-state index >= 15 is 0 Å². The van der Waals surface area contributed by atoms with E-state index in [1.165, 1.54) is 97.3 Å². The second-order valence-electron chi connectivity index (χ2n) is 18.4. The van der Waals surface area contributed by atoms with E-state index < -0.39 is 8.07 Å². The molecule has 0 aliphatic heterocycles. The van der Waals surface area contributed by atoms with Crippen LogP contribution in [0.15, 0.2) is 273 Å².